The predicted molar refractivity (Wildman–Crippen MR) is 105 cm³/mol. The van der Waals surface area contributed by atoms with Gasteiger partial charge in [-0.05, 0) is 18.6 Å². The van der Waals surface area contributed by atoms with Crippen molar-refractivity contribution >= 4 is 34.0 Å². The number of amides is 2. The third-order valence-corrected chi connectivity index (χ3v) is 5.46. The Labute approximate surface area is 162 Å². The predicted octanol–water partition coefficient (Wildman–Crippen LogP) is 3.27. The van der Waals surface area contributed by atoms with E-state index in [0.717, 1.165) is 30.7 Å². The lowest BCUT2D eigenvalue weighted by Gasteiger charge is -2.19. The van der Waals surface area contributed by atoms with Gasteiger partial charge in [0.2, 0.25) is 16.9 Å². The van der Waals surface area contributed by atoms with E-state index in [0.29, 0.717) is 23.1 Å². The number of rotatable bonds is 8. The molecule has 2 heterocycles. The number of methoxy groups -OCH3 is 1. The molecule has 1 aromatic carbocycles. The van der Waals surface area contributed by atoms with Crippen LogP contribution in [0.4, 0.5) is 10.8 Å². The molecule has 1 saturated heterocycles. The van der Waals surface area contributed by atoms with E-state index in [-0.39, 0.29) is 18.2 Å². The lowest BCUT2D eigenvalue weighted by molar-refractivity contribution is -0.122. The minimum atomic E-state index is -0.421. The lowest BCUT2D eigenvalue weighted by atomic mass is 10.1. The number of nitrogens with zero attached hydrogens (tertiary/aromatic N) is 3. The molecular formula is C19H24N4O3S. The van der Waals surface area contributed by atoms with Crippen LogP contribution in [0.3, 0.4) is 0 Å². The molecule has 3 rings (SSSR count). The van der Waals surface area contributed by atoms with E-state index in [1.807, 2.05) is 18.2 Å². The molecule has 0 bridgehead atoms. The summed E-state index contributed by atoms with van der Waals surface area (Å²) in [6, 6.07) is 7.32. The first kappa shape index (κ1) is 19.3. The molecule has 8 heteroatoms. The van der Waals surface area contributed by atoms with Crippen LogP contribution in [0.15, 0.2) is 24.3 Å². The summed E-state index contributed by atoms with van der Waals surface area (Å²) < 4.78 is 5.33. The fourth-order valence-corrected chi connectivity index (χ4v) is 3.89. The average Bonchev–Trinajstić information content (AvgIpc) is 3.28. The molecular weight excluding hydrogens is 364 g/mol. The first-order valence-corrected chi connectivity index (χ1v) is 10.0. The fraction of sp³-hybridized carbons (Fsp3) is 0.474. The molecule has 1 N–H and O–H groups in total. The first-order valence-electron chi connectivity index (χ1n) is 9.19. The van der Waals surface area contributed by atoms with Crippen LogP contribution in [0, 0.1) is 5.92 Å². The monoisotopic (exact) mass is 388 g/mol. The second-order valence-corrected chi connectivity index (χ2v) is 7.59. The number of para-hydroxylation sites is 2. The Hall–Kier alpha value is -2.48. The molecule has 1 aliphatic heterocycles. The molecule has 0 saturated carbocycles. The van der Waals surface area contributed by atoms with Gasteiger partial charge < -0.3 is 15.0 Å². The summed E-state index contributed by atoms with van der Waals surface area (Å²) in [7, 11) is 1.57. The van der Waals surface area contributed by atoms with E-state index in [1.54, 1.807) is 18.1 Å². The molecule has 7 nitrogen and oxygen atoms in total. The van der Waals surface area contributed by atoms with Crippen LogP contribution in [-0.2, 0) is 16.0 Å². The van der Waals surface area contributed by atoms with Gasteiger partial charge in [0.05, 0.1) is 18.7 Å². The van der Waals surface area contributed by atoms with E-state index in [1.165, 1.54) is 11.3 Å². The zero-order chi connectivity index (χ0) is 19.2. The Morgan fingerprint density at radius 2 is 2.15 bits per heavy atom. The molecule has 0 radical (unpaired) electrons. The van der Waals surface area contributed by atoms with Gasteiger partial charge in [-0.1, -0.05) is 43.2 Å². The van der Waals surface area contributed by atoms with Gasteiger partial charge in [0, 0.05) is 19.4 Å². The normalized spacial score (nSPS) is 16.6. The largest absolute Gasteiger partial charge is 0.495 e. The molecule has 144 valence electrons. The quantitative estimate of drug-likeness (QED) is 0.702. The van der Waals surface area contributed by atoms with Crippen molar-refractivity contribution in [1.29, 1.82) is 0 Å². The summed E-state index contributed by atoms with van der Waals surface area (Å²) in [5.74, 6) is -0.0863. The van der Waals surface area contributed by atoms with E-state index < -0.39 is 5.92 Å². The van der Waals surface area contributed by atoms with Crippen LogP contribution in [-0.4, -0.2) is 35.7 Å². The molecule has 0 spiro atoms. The highest BCUT2D eigenvalue weighted by atomic mass is 32.1. The fourth-order valence-electron chi connectivity index (χ4n) is 3.11. The summed E-state index contributed by atoms with van der Waals surface area (Å²) in [5.41, 5.74) is 0.689. The van der Waals surface area contributed by atoms with Crippen LogP contribution in [0.25, 0.3) is 0 Å². The molecule has 1 aliphatic rings. The van der Waals surface area contributed by atoms with Crippen molar-refractivity contribution in [3.63, 3.8) is 0 Å². The topological polar surface area (TPSA) is 84.4 Å². The van der Waals surface area contributed by atoms with Crippen LogP contribution in [0.5, 0.6) is 5.75 Å². The molecule has 1 unspecified atom stereocenters. The third kappa shape index (κ3) is 4.63. The summed E-state index contributed by atoms with van der Waals surface area (Å²) in [6.45, 7) is 2.48. The number of benzene rings is 1. The molecule has 0 aliphatic carbocycles. The van der Waals surface area contributed by atoms with Gasteiger partial charge in [0.25, 0.3) is 0 Å². The van der Waals surface area contributed by atoms with Gasteiger partial charge in [-0.2, -0.15) is 0 Å². The van der Waals surface area contributed by atoms with Crippen molar-refractivity contribution in [1.82, 2.24) is 10.2 Å². The second-order valence-electron chi connectivity index (χ2n) is 6.52. The number of carbonyl (C=O) groups excluding carboxylic acids is 2. The van der Waals surface area contributed by atoms with Crippen LogP contribution < -0.4 is 15.0 Å². The highest BCUT2D eigenvalue weighted by Crippen LogP contribution is 2.33. The molecule has 1 atom stereocenters. The van der Waals surface area contributed by atoms with Crippen molar-refractivity contribution in [3.8, 4) is 5.75 Å². The summed E-state index contributed by atoms with van der Waals surface area (Å²) in [5, 5.41) is 12.4. The van der Waals surface area contributed by atoms with E-state index in [2.05, 4.69) is 22.4 Å². The Bertz CT molecular complexity index is 808. The maximum absolute atomic E-state index is 12.6. The second kappa shape index (κ2) is 8.94. The number of ether oxygens (including phenoxy) is 1. The Balaban J connectivity index is 1.61. The Morgan fingerprint density at radius 1 is 1.33 bits per heavy atom. The van der Waals surface area contributed by atoms with Gasteiger partial charge in [-0.25, -0.2) is 0 Å². The van der Waals surface area contributed by atoms with E-state index in [9.17, 15) is 9.59 Å². The minimum absolute atomic E-state index is 0.0860. The highest BCUT2D eigenvalue weighted by Gasteiger charge is 2.36. The number of aromatic nitrogens is 2. The van der Waals surface area contributed by atoms with Gasteiger partial charge in [-0.3, -0.25) is 9.59 Å². The third-order valence-electron chi connectivity index (χ3n) is 4.56. The van der Waals surface area contributed by atoms with Crippen molar-refractivity contribution < 1.29 is 14.3 Å². The molecule has 2 amide bonds. The maximum atomic E-state index is 12.6. The number of hydrogen-bond acceptors (Lipinski definition) is 6. The summed E-state index contributed by atoms with van der Waals surface area (Å²) in [6.07, 6.45) is 4.44. The molecule has 2 aromatic rings. The summed E-state index contributed by atoms with van der Waals surface area (Å²) in [4.78, 5) is 26.6. The van der Waals surface area contributed by atoms with Crippen molar-refractivity contribution in [3.05, 3.63) is 29.3 Å². The smallest absolute Gasteiger partial charge is 0.231 e. The van der Waals surface area contributed by atoms with Crippen molar-refractivity contribution in [2.75, 3.05) is 23.9 Å². The Kier molecular flexibility index (Phi) is 6.39. The van der Waals surface area contributed by atoms with Crippen molar-refractivity contribution in [2.24, 2.45) is 5.92 Å². The summed E-state index contributed by atoms with van der Waals surface area (Å²) >= 11 is 1.40. The standard InChI is InChI=1S/C19H24N4O3S/c1-3-4-5-10-16-21-22-19(27-16)20-18(25)13-11-17(24)23(12-13)14-8-6-7-9-15(14)26-2/h6-9,13H,3-5,10-12H2,1-2H3,(H,20,22,25). The molecule has 1 aromatic heterocycles. The number of anilines is 2. The molecule has 27 heavy (non-hydrogen) atoms. The number of unbranched alkanes of at least 4 members (excludes halogenated alkanes) is 2. The number of hydrogen-bond donors (Lipinski definition) is 1. The molecule has 1 fully saturated rings. The van der Waals surface area contributed by atoms with Gasteiger partial charge in [0.1, 0.15) is 10.8 Å². The maximum Gasteiger partial charge on any atom is 0.231 e. The number of nitrogens with one attached hydrogen (secondary N) is 1. The average molecular weight is 388 g/mol. The zero-order valence-electron chi connectivity index (χ0n) is 15.6. The van der Waals surface area contributed by atoms with E-state index >= 15 is 0 Å². The van der Waals surface area contributed by atoms with Crippen molar-refractivity contribution in [2.45, 2.75) is 39.0 Å². The highest BCUT2D eigenvalue weighted by molar-refractivity contribution is 7.15. The first-order chi connectivity index (χ1) is 13.1. The SMILES string of the molecule is CCCCCc1nnc(NC(=O)C2CC(=O)N(c3ccccc3OC)C2)s1. The van der Waals surface area contributed by atoms with Gasteiger partial charge in [-0.15, -0.1) is 10.2 Å². The number of carbonyl (C=O) groups is 2. The van der Waals surface area contributed by atoms with Crippen LogP contribution in [0.2, 0.25) is 0 Å². The van der Waals surface area contributed by atoms with Crippen LogP contribution >= 0.6 is 11.3 Å². The number of aryl methyl sites for hydroxylation is 1. The minimum Gasteiger partial charge on any atom is -0.495 e. The van der Waals surface area contributed by atoms with E-state index in [4.69, 9.17) is 4.74 Å². The Morgan fingerprint density at radius 3 is 2.93 bits per heavy atom. The van der Waals surface area contributed by atoms with Gasteiger partial charge >= 0.3 is 0 Å². The lowest BCUT2D eigenvalue weighted by Crippen LogP contribution is -2.28. The van der Waals surface area contributed by atoms with Crippen LogP contribution in [0.1, 0.15) is 37.6 Å². The van der Waals surface area contributed by atoms with Gasteiger partial charge in [0.15, 0.2) is 0 Å². The zero-order valence-corrected chi connectivity index (χ0v) is 16.4.